The fourth-order valence-corrected chi connectivity index (χ4v) is 2.24. The van der Waals surface area contributed by atoms with E-state index >= 15 is 0 Å². The van der Waals surface area contributed by atoms with Crippen LogP contribution in [0.1, 0.15) is 24.5 Å². The molecule has 90 valence electrons. The Bertz CT molecular complexity index is 448. The number of aliphatic imine (C=N–C) groups is 2. The van der Waals surface area contributed by atoms with E-state index in [4.69, 9.17) is 23.2 Å². The smallest absolute Gasteiger partial charge is 0.110 e. The summed E-state index contributed by atoms with van der Waals surface area (Å²) in [5, 5.41) is 11.1. The minimum Gasteiger partial charge on any atom is -0.388 e. The summed E-state index contributed by atoms with van der Waals surface area (Å²) in [6.07, 6.45) is 4.06. The molecule has 2 atom stereocenters. The molecule has 1 aromatic carbocycles. The van der Waals surface area contributed by atoms with Crippen molar-refractivity contribution >= 4 is 35.8 Å². The minimum absolute atomic E-state index is 0.0794. The fourth-order valence-electron chi connectivity index (χ4n) is 1.71. The quantitative estimate of drug-likeness (QED) is 0.897. The number of rotatable bonds is 4. The van der Waals surface area contributed by atoms with Crippen LogP contribution >= 0.6 is 23.2 Å². The molecule has 1 aromatic rings. The van der Waals surface area contributed by atoms with Gasteiger partial charge in [-0.1, -0.05) is 29.3 Å². The Labute approximate surface area is 110 Å². The molecule has 1 heterocycles. The van der Waals surface area contributed by atoms with Gasteiger partial charge >= 0.3 is 0 Å². The van der Waals surface area contributed by atoms with Gasteiger partial charge in [-0.3, -0.25) is 4.99 Å². The largest absolute Gasteiger partial charge is 0.388 e. The number of halogens is 2. The zero-order valence-corrected chi connectivity index (χ0v) is 10.6. The lowest BCUT2D eigenvalue weighted by atomic mass is 10.0. The maximum atomic E-state index is 10.0. The molecule has 17 heavy (non-hydrogen) atoms. The Morgan fingerprint density at radius 2 is 2.18 bits per heavy atom. The first-order valence-corrected chi connectivity index (χ1v) is 6.10. The third-order valence-corrected chi connectivity index (χ3v) is 3.20. The van der Waals surface area contributed by atoms with Crippen molar-refractivity contribution in [1.82, 2.24) is 0 Å². The van der Waals surface area contributed by atoms with E-state index in [2.05, 4.69) is 9.98 Å². The van der Waals surface area contributed by atoms with E-state index in [0.717, 1.165) is 6.42 Å². The molecule has 0 aromatic heterocycles. The Balaban J connectivity index is 1.96. The maximum Gasteiger partial charge on any atom is 0.110 e. The first-order chi connectivity index (χ1) is 8.16. The highest BCUT2D eigenvalue weighted by molar-refractivity contribution is 6.35. The standard InChI is InChI=1S/C12H12Cl2N2O/c13-8-1-3-10(11(14)5-8)12(17)4-2-9-6-15-7-16-9/h1,3,5-7,9,12,17H,2,4H2. The third kappa shape index (κ3) is 3.28. The molecule has 0 saturated carbocycles. The highest BCUT2D eigenvalue weighted by Gasteiger charge is 2.14. The summed E-state index contributed by atoms with van der Waals surface area (Å²) in [7, 11) is 0. The molecule has 5 heteroatoms. The summed E-state index contributed by atoms with van der Waals surface area (Å²) in [6, 6.07) is 5.19. The Kier molecular flexibility index (Phi) is 4.15. The highest BCUT2D eigenvalue weighted by atomic mass is 35.5. The van der Waals surface area contributed by atoms with Crippen LogP contribution in [0.5, 0.6) is 0 Å². The van der Waals surface area contributed by atoms with E-state index in [1.54, 1.807) is 24.4 Å². The molecular weight excluding hydrogens is 259 g/mol. The number of aliphatic hydroxyl groups is 1. The lowest BCUT2D eigenvalue weighted by Crippen LogP contribution is -2.07. The predicted molar refractivity (Wildman–Crippen MR) is 71.4 cm³/mol. The van der Waals surface area contributed by atoms with E-state index < -0.39 is 6.10 Å². The van der Waals surface area contributed by atoms with E-state index in [1.165, 1.54) is 6.34 Å². The fraction of sp³-hybridized carbons (Fsp3) is 0.333. The third-order valence-electron chi connectivity index (χ3n) is 2.64. The number of nitrogens with zero attached hydrogens (tertiary/aromatic N) is 2. The van der Waals surface area contributed by atoms with Crippen LogP contribution in [0.2, 0.25) is 10.0 Å². The molecule has 0 fully saturated rings. The average molecular weight is 271 g/mol. The average Bonchev–Trinajstić information content (AvgIpc) is 2.78. The normalized spacial score (nSPS) is 19.8. The van der Waals surface area contributed by atoms with Gasteiger partial charge in [0.05, 0.1) is 12.1 Å². The van der Waals surface area contributed by atoms with Gasteiger partial charge in [-0.2, -0.15) is 0 Å². The number of aliphatic hydroxyl groups excluding tert-OH is 1. The molecule has 0 spiro atoms. The zero-order chi connectivity index (χ0) is 12.3. The topological polar surface area (TPSA) is 45.0 Å². The van der Waals surface area contributed by atoms with Crippen LogP contribution in [-0.4, -0.2) is 23.7 Å². The molecule has 2 rings (SSSR count). The monoisotopic (exact) mass is 270 g/mol. The molecule has 0 saturated heterocycles. The molecule has 0 radical (unpaired) electrons. The van der Waals surface area contributed by atoms with Gasteiger partial charge in [0.15, 0.2) is 0 Å². The van der Waals surface area contributed by atoms with Crippen molar-refractivity contribution in [2.75, 3.05) is 0 Å². The van der Waals surface area contributed by atoms with Crippen molar-refractivity contribution in [1.29, 1.82) is 0 Å². The van der Waals surface area contributed by atoms with Crippen molar-refractivity contribution in [3.63, 3.8) is 0 Å². The Hall–Kier alpha value is -0.900. The first kappa shape index (κ1) is 12.6. The summed E-state index contributed by atoms with van der Waals surface area (Å²) in [5.74, 6) is 0. The van der Waals surface area contributed by atoms with Gasteiger partial charge < -0.3 is 5.11 Å². The van der Waals surface area contributed by atoms with Gasteiger partial charge in [0, 0.05) is 16.3 Å². The summed E-state index contributed by atoms with van der Waals surface area (Å²) in [4.78, 5) is 8.03. The van der Waals surface area contributed by atoms with Gasteiger partial charge in [0.2, 0.25) is 0 Å². The Morgan fingerprint density at radius 3 is 2.82 bits per heavy atom. The van der Waals surface area contributed by atoms with Crippen LogP contribution < -0.4 is 0 Å². The Morgan fingerprint density at radius 1 is 1.35 bits per heavy atom. The van der Waals surface area contributed by atoms with Crippen molar-refractivity contribution in [3.05, 3.63) is 33.8 Å². The number of hydrogen-bond acceptors (Lipinski definition) is 3. The predicted octanol–water partition coefficient (Wildman–Crippen LogP) is 3.29. The van der Waals surface area contributed by atoms with Crippen molar-refractivity contribution in [2.24, 2.45) is 9.98 Å². The van der Waals surface area contributed by atoms with Gasteiger partial charge in [0.25, 0.3) is 0 Å². The summed E-state index contributed by atoms with van der Waals surface area (Å²) >= 11 is 11.8. The van der Waals surface area contributed by atoms with Crippen molar-refractivity contribution < 1.29 is 5.11 Å². The number of benzene rings is 1. The van der Waals surface area contributed by atoms with Gasteiger partial charge in [-0.15, -0.1) is 0 Å². The van der Waals surface area contributed by atoms with Crippen LogP contribution in [0, 0.1) is 0 Å². The molecule has 1 aliphatic rings. The number of hydrogen-bond donors (Lipinski definition) is 1. The lowest BCUT2D eigenvalue weighted by Gasteiger charge is -2.13. The van der Waals surface area contributed by atoms with E-state index in [1.807, 2.05) is 0 Å². The SMILES string of the molecule is OC(CCC1C=NC=N1)c1ccc(Cl)cc1Cl. The van der Waals surface area contributed by atoms with Crippen molar-refractivity contribution in [3.8, 4) is 0 Å². The van der Waals surface area contributed by atoms with E-state index in [0.29, 0.717) is 22.0 Å². The van der Waals surface area contributed by atoms with E-state index in [-0.39, 0.29) is 6.04 Å². The van der Waals surface area contributed by atoms with Crippen LogP contribution in [0.3, 0.4) is 0 Å². The molecule has 1 N–H and O–H groups in total. The van der Waals surface area contributed by atoms with Crippen LogP contribution in [0.25, 0.3) is 0 Å². The molecule has 1 aliphatic heterocycles. The van der Waals surface area contributed by atoms with Crippen LogP contribution in [-0.2, 0) is 0 Å². The molecular formula is C12H12Cl2N2O. The highest BCUT2D eigenvalue weighted by Crippen LogP contribution is 2.29. The second-order valence-electron chi connectivity index (χ2n) is 3.89. The zero-order valence-electron chi connectivity index (χ0n) is 9.05. The van der Waals surface area contributed by atoms with Gasteiger partial charge in [-0.05, 0) is 30.5 Å². The van der Waals surface area contributed by atoms with Gasteiger partial charge in [0.1, 0.15) is 6.34 Å². The van der Waals surface area contributed by atoms with E-state index in [9.17, 15) is 5.11 Å². The van der Waals surface area contributed by atoms with Crippen molar-refractivity contribution in [2.45, 2.75) is 25.0 Å². The lowest BCUT2D eigenvalue weighted by molar-refractivity contribution is 0.164. The van der Waals surface area contributed by atoms with Crippen LogP contribution in [0.4, 0.5) is 0 Å². The summed E-state index contributed by atoms with van der Waals surface area (Å²) in [5.41, 5.74) is 0.704. The summed E-state index contributed by atoms with van der Waals surface area (Å²) in [6.45, 7) is 0. The second kappa shape index (κ2) is 5.63. The molecule has 0 bridgehead atoms. The first-order valence-electron chi connectivity index (χ1n) is 5.35. The molecule has 0 amide bonds. The maximum absolute atomic E-state index is 10.0. The van der Waals surface area contributed by atoms with Crippen LogP contribution in [0.15, 0.2) is 28.2 Å². The van der Waals surface area contributed by atoms with Gasteiger partial charge in [-0.25, -0.2) is 4.99 Å². The molecule has 0 aliphatic carbocycles. The molecule has 3 nitrogen and oxygen atoms in total. The minimum atomic E-state index is -0.594. The molecule has 2 unspecified atom stereocenters. The summed E-state index contributed by atoms with van der Waals surface area (Å²) < 4.78 is 0. The second-order valence-corrected chi connectivity index (χ2v) is 4.73.